The van der Waals surface area contributed by atoms with Crippen molar-refractivity contribution in [3.05, 3.63) is 75.7 Å². The third kappa shape index (κ3) is 4.98. The molecule has 2 heterocycles. The number of aliphatic carboxylic acids is 1. The van der Waals surface area contributed by atoms with Gasteiger partial charge in [0.2, 0.25) is 0 Å². The molecule has 0 saturated carbocycles. The summed E-state index contributed by atoms with van der Waals surface area (Å²) in [5, 5.41) is 15.2. The lowest BCUT2D eigenvalue weighted by atomic mass is 9.90. The van der Waals surface area contributed by atoms with Crippen LogP contribution in [0.5, 0.6) is 0 Å². The Bertz CT molecular complexity index is 1520. The van der Waals surface area contributed by atoms with Gasteiger partial charge in [-0.25, -0.2) is 18.7 Å². The molecule has 1 aliphatic carbocycles. The molecule has 192 valence electrons. The summed E-state index contributed by atoms with van der Waals surface area (Å²) in [6.07, 6.45) is 3.08. The molecule has 37 heavy (non-hydrogen) atoms. The van der Waals surface area contributed by atoms with Crippen molar-refractivity contribution in [3.8, 4) is 22.5 Å². The van der Waals surface area contributed by atoms with Crippen LogP contribution in [-0.4, -0.2) is 31.3 Å². The summed E-state index contributed by atoms with van der Waals surface area (Å²) in [6, 6.07) is 12.5. The molecule has 1 atom stereocenters. The van der Waals surface area contributed by atoms with Gasteiger partial charge in [0.25, 0.3) is 0 Å². The number of benzene rings is 2. The predicted molar refractivity (Wildman–Crippen MR) is 141 cm³/mol. The highest BCUT2D eigenvalue weighted by Gasteiger charge is 2.34. The molecule has 0 aliphatic heterocycles. The van der Waals surface area contributed by atoms with Crippen LogP contribution in [0.1, 0.15) is 62.1 Å². The second kappa shape index (κ2) is 9.54. The van der Waals surface area contributed by atoms with E-state index in [1.807, 2.05) is 12.1 Å². The lowest BCUT2D eigenvalue weighted by molar-refractivity contribution is -0.160. The van der Waals surface area contributed by atoms with E-state index in [0.29, 0.717) is 17.0 Å². The second-order valence-electron chi connectivity index (χ2n) is 10.5. The van der Waals surface area contributed by atoms with Gasteiger partial charge in [-0.3, -0.25) is 0 Å². The van der Waals surface area contributed by atoms with E-state index in [1.165, 1.54) is 34.2 Å². The Balaban J connectivity index is 1.78. The highest BCUT2D eigenvalue weighted by atomic mass is 35.5. The molecule has 0 spiro atoms. The third-order valence-electron chi connectivity index (χ3n) is 6.62. The second-order valence-corrected chi connectivity index (χ2v) is 11.0. The first-order valence-corrected chi connectivity index (χ1v) is 12.8. The molecule has 2 aromatic carbocycles. The molecule has 0 fully saturated rings. The summed E-state index contributed by atoms with van der Waals surface area (Å²) in [4.78, 5) is 17.1. The number of hydrogen-bond acceptors (Lipinski definition) is 4. The topological polar surface area (TPSA) is 76.7 Å². The molecular weight excluding hydrogens is 493 g/mol. The molecule has 2 aromatic heterocycles. The van der Waals surface area contributed by atoms with E-state index in [9.17, 15) is 9.90 Å². The van der Waals surface area contributed by atoms with Crippen molar-refractivity contribution in [2.24, 2.45) is 0 Å². The van der Waals surface area contributed by atoms with Crippen LogP contribution in [-0.2, 0) is 22.4 Å². The summed E-state index contributed by atoms with van der Waals surface area (Å²) in [7, 11) is 0. The van der Waals surface area contributed by atoms with E-state index in [4.69, 9.17) is 21.4 Å². The van der Waals surface area contributed by atoms with Crippen LogP contribution in [0.4, 0.5) is 4.39 Å². The number of hydrogen-bond donors (Lipinski definition) is 1. The van der Waals surface area contributed by atoms with E-state index in [1.54, 1.807) is 33.8 Å². The van der Waals surface area contributed by atoms with Crippen LogP contribution in [0, 0.1) is 12.7 Å². The average Bonchev–Trinajstić information content (AvgIpc) is 3.25. The monoisotopic (exact) mass is 521 g/mol. The highest BCUT2D eigenvalue weighted by molar-refractivity contribution is 6.30. The number of carbonyl (C=O) groups is 1. The van der Waals surface area contributed by atoms with E-state index >= 15 is 4.39 Å². The van der Waals surface area contributed by atoms with Crippen LogP contribution >= 0.6 is 11.6 Å². The highest BCUT2D eigenvalue weighted by Crippen LogP contribution is 2.38. The van der Waals surface area contributed by atoms with E-state index in [0.717, 1.165) is 24.8 Å². The van der Waals surface area contributed by atoms with Crippen LogP contribution in [0.25, 0.3) is 28.2 Å². The zero-order valence-corrected chi connectivity index (χ0v) is 22.1. The van der Waals surface area contributed by atoms with Gasteiger partial charge in [-0.2, -0.15) is 5.10 Å². The zero-order valence-electron chi connectivity index (χ0n) is 21.3. The first kappa shape index (κ1) is 25.4. The number of aromatic nitrogens is 3. The molecule has 0 amide bonds. The molecule has 0 unspecified atom stereocenters. The number of rotatable bonds is 5. The molecule has 4 aromatic rings. The maximum absolute atomic E-state index is 15.4. The zero-order chi connectivity index (χ0) is 26.5. The van der Waals surface area contributed by atoms with Crippen molar-refractivity contribution < 1.29 is 19.0 Å². The van der Waals surface area contributed by atoms with Gasteiger partial charge in [0, 0.05) is 33.5 Å². The first-order chi connectivity index (χ1) is 17.5. The van der Waals surface area contributed by atoms with Crippen LogP contribution < -0.4 is 0 Å². The summed E-state index contributed by atoms with van der Waals surface area (Å²) in [5.41, 5.74) is 5.11. The van der Waals surface area contributed by atoms with E-state index in [2.05, 4.69) is 17.1 Å². The average molecular weight is 522 g/mol. The third-order valence-corrected chi connectivity index (χ3v) is 6.85. The van der Waals surface area contributed by atoms with E-state index in [-0.39, 0.29) is 21.8 Å². The number of halogens is 2. The van der Waals surface area contributed by atoms with Crippen molar-refractivity contribution in [2.45, 2.75) is 65.1 Å². The summed E-state index contributed by atoms with van der Waals surface area (Å²) < 4.78 is 22.8. The molecule has 1 N–H and O–H groups in total. The molecule has 1 aliphatic rings. The number of aryl methyl sites for hydroxylation is 3. The van der Waals surface area contributed by atoms with Crippen molar-refractivity contribution in [1.29, 1.82) is 0 Å². The summed E-state index contributed by atoms with van der Waals surface area (Å²) in [6.45, 7) is 7.03. The molecule has 0 saturated heterocycles. The van der Waals surface area contributed by atoms with Crippen molar-refractivity contribution in [1.82, 2.24) is 14.6 Å². The number of carboxylic acids is 1. The SMILES string of the molecule is Cc1nc2cc(-c3ccc4c(c3)CCCC4)nn2c(-c2ccc(Cl)cc2F)c1[C@H](OC(C)(C)C)C(=O)O. The normalized spacial score (nSPS) is 14.5. The molecular formula is C29H29ClFN3O3. The minimum Gasteiger partial charge on any atom is -0.479 e. The van der Waals surface area contributed by atoms with Crippen LogP contribution in [0.15, 0.2) is 42.5 Å². The fourth-order valence-electron chi connectivity index (χ4n) is 5.01. The predicted octanol–water partition coefficient (Wildman–Crippen LogP) is 6.98. The summed E-state index contributed by atoms with van der Waals surface area (Å²) >= 11 is 6.04. The maximum atomic E-state index is 15.4. The van der Waals surface area contributed by atoms with Crippen molar-refractivity contribution >= 4 is 23.2 Å². The van der Waals surface area contributed by atoms with Gasteiger partial charge in [-0.15, -0.1) is 0 Å². The van der Waals surface area contributed by atoms with Gasteiger partial charge in [-0.05, 0) is 88.8 Å². The number of nitrogens with zero attached hydrogens (tertiary/aromatic N) is 3. The fourth-order valence-corrected chi connectivity index (χ4v) is 5.17. The largest absolute Gasteiger partial charge is 0.479 e. The Hall–Kier alpha value is -3.29. The smallest absolute Gasteiger partial charge is 0.337 e. The van der Waals surface area contributed by atoms with Gasteiger partial charge in [0.1, 0.15) is 5.82 Å². The Labute approximate surface area is 220 Å². The Kier molecular flexibility index (Phi) is 6.54. The molecule has 8 heteroatoms. The molecule has 6 nitrogen and oxygen atoms in total. The fraction of sp³-hybridized carbons (Fsp3) is 0.345. The van der Waals surface area contributed by atoms with Crippen LogP contribution in [0.3, 0.4) is 0 Å². The Morgan fingerprint density at radius 1 is 1.11 bits per heavy atom. The van der Waals surface area contributed by atoms with E-state index < -0.39 is 23.5 Å². The lowest BCUT2D eigenvalue weighted by Crippen LogP contribution is -2.29. The molecule has 0 bridgehead atoms. The lowest BCUT2D eigenvalue weighted by Gasteiger charge is -2.27. The van der Waals surface area contributed by atoms with Gasteiger partial charge >= 0.3 is 5.97 Å². The van der Waals surface area contributed by atoms with Crippen LogP contribution in [0.2, 0.25) is 5.02 Å². The molecule has 0 radical (unpaired) electrons. The summed E-state index contributed by atoms with van der Waals surface area (Å²) in [5.74, 6) is -1.79. The first-order valence-electron chi connectivity index (χ1n) is 12.4. The van der Waals surface area contributed by atoms with Gasteiger partial charge in [0.15, 0.2) is 11.8 Å². The molecule has 5 rings (SSSR count). The maximum Gasteiger partial charge on any atom is 0.337 e. The quantitative estimate of drug-likeness (QED) is 0.306. The number of ether oxygens (including phenoxy) is 1. The van der Waals surface area contributed by atoms with Crippen molar-refractivity contribution in [3.63, 3.8) is 0 Å². The minimum atomic E-state index is -1.39. The Morgan fingerprint density at radius 3 is 2.51 bits per heavy atom. The standard InChI is InChI=1S/C29H29ClFN3O3/c1-16-25(27(28(35)36)37-29(2,3)4)26(21-12-11-20(30)14-22(21)31)34-24(32-16)15-23(33-34)19-10-9-17-7-5-6-8-18(17)13-19/h9-15,27H,5-8H2,1-4H3,(H,35,36)/t27-/m0/s1. The van der Waals surface area contributed by atoms with Gasteiger partial charge in [0.05, 0.1) is 17.0 Å². The van der Waals surface area contributed by atoms with Gasteiger partial charge < -0.3 is 9.84 Å². The van der Waals surface area contributed by atoms with Crippen molar-refractivity contribution in [2.75, 3.05) is 0 Å². The number of fused-ring (bicyclic) bond motifs is 2. The number of carboxylic acid groups (broad SMARTS) is 1. The minimum absolute atomic E-state index is 0.166. The van der Waals surface area contributed by atoms with Gasteiger partial charge in [-0.1, -0.05) is 23.7 Å². The Morgan fingerprint density at radius 2 is 1.84 bits per heavy atom.